The number of nitrogens with zero attached hydrogens (tertiary/aromatic N) is 2. The highest BCUT2D eigenvalue weighted by Gasteiger charge is 2.42. The van der Waals surface area contributed by atoms with E-state index in [1.807, 2.05) is 0 Å². The van der Waals surface area contributed by atoms with E-state index in [-0.39, 0.29) is 13.0 Å². The van der Waals surface area contributed by atoms with Gasteiger partial charge in [-0.05, 0) is 13.8 Å². The van der Waals surface area contributed by atoms with Crippen LogP contribution in [0.4, 0.5) is 13.2 Å². The molecule has 0 rings (SSSR count). The zero-order valence-electron chi connectivity index (χ0n) is 7.93. The van der Waals surface area contributed by atoms with Gasteiger partial charge in [0, 0.05) is 12.6 Å². The summed E-state index contributed by atoms with van der Waals surface area (Å²) in [5.41, 5.74) is 0. The van der Waals surface area contributed by atoms with Crippen molar-refractivity contribution in [3.63, 3.8) is 0 Å². The van der Waals surface area contributed by atoms with Crippen LogP contribution in [-0.4, -0.2) is 29.6 Å². The maximum Gasteiger partial charge on any atom is 0.471 e. The smallest absolute Gasteiger partial charge is 0.331 e. The van der Waals surface area contributed by atoms with Crippen LogP contribution in [0.3, 0.4) is 0 Å². The summed E-state index contributed by atoms with van der Waals surface area (Å²) in [5.74, 6) is -1.89. The number of carbonyl (C=O) groups excluding carboxylic acids is 1. The third-order valence-corrected chi connectivity index (χ3v) is 1.59. The molecule has 0 aromatic heterocycles. The second kappa shape index (κ2) is 4.84. The van der Waals surface area contributed by atoms with E-state index in [2.05, 4.69) is 0 Å². The van der Waals surface area contributed by atoms with Crippen LogP contribution in [0.15, 0.2) is 0 Å². The molecular formula is C8H11F3N2O. The Morgan fingerprint density at radius 2 is 2.00 bits per heavy atom. The molecule has 0 saturated heterocycles. The molecule has 0 radical (unpaired) electrons. The van der Waals surface area contributed by atoms with Crippen molar-refractivity contribution < 1.29 is 18.0 Å². The van der Waals surface area contributed by atoms with Crippen molar-refractivity contribution in [1.29, 1.82) is 5.26 Å². The van der Waals surface area contributed by atoms with Gasteiger partial charge in [-0.15, -0.1) is 0 Å². The number of alkyl halides is 3. The Bertz CT molecular complexity index is 242. The molecule has 0 bridgehead atoms. The van der Waals surface area contributed by atoms with Crippen molar-refractivity contribution in [2.75, 3.05) is 6.54 Å². The first-order valence-electron chi connectivity index (χ1n) is 4.05. The zero-order chi connectivity index (χ0) is 11.4. The molecule has 0 heterocycles. The molecule has 0 aromatic rings. The fourth-order valence-electron chi connectivity index (χ4n) is 0.928. The molecule has 3 nitrogen and oxygen atoms in total. The Balaban J connectivity index is 4.52. The fourth-order valence-corrected chi connectivity index (χ4v) is 0.928. The Morgan fingerprint density at radius 3 is 2.29 bits per heavy atom. The molecule has 6 heteroatoms. The molecule has 0 fully saturated rings. The highest BCUT2D eigenvalue weighted by Crippen LogP contribution is 2.19. The van der Waals surface area contributed by atoms with E-state index >= 15 is 0 Å². The van der Waals surface area contributed by atoms with Crippen LogP contribution in [0.5, 0.6) is 0 Å². The first-order chi connectivity index (χ1) is 6.30. The third-order valence-electron chi connectivity index (χ3n) is 1.59. The molecule has 80 valence electrons. The molecule has 0 aliphatic heterocycles. The summed E-state index contributed by atoms with van der Waals surface area (Å²) in [7, 11) is 0. The van der Waals surface area contributed by atoms with E-state index in [0.717, 1.165) is 0 Å². The quantitative estimate of drug-likeness (QED) is 0.708. The second-order valence-corrected chi connectivity index (χ2v) is 3.00. The van der Waals surface area contributed by atoms with Crippen molar-refractivity contribution in [2.45, 2.75) is 32.5 Å². The van der Waals surface area contributed by atoms with Gasteiger partial charge in [0.1, 0.15) is 0 Å². The number of amides is 1. The average molecular weight is 208 g/mol. The van der Waals surface area contributed by atoms with Crippen molar-refractivity contribution >= 4 is 5.91 Å². The minimum absolute atomic E-state index is 0.0972. The largest absolute Gasteiger partial charge is 0.471 e. The summed E-state index contributed by atoms with van der Waals surface area (Å²) in [5, 5.41) is 8.21. The molecule has 1 amide bonds. The fraction of sp³-hybridized carbons (Fsp3) is 0.750. The van der Waals surface area contributed by atoms with Gasteiger partial charge in [0.05, 0.1) is 12.5 Å². The van der Waals surface area contributed by atoms with E-state index in [0.29, 0.717) is 4.90 Å². The van der Waals surface area contributed by atoms with Crippen LogP contribution in [0.1, 0.15) is 20.3 Å². The number of nitriles is 1. The first-order valence-corrected chi connectivity index (χ1v) is 4.05. The monoisotopic (exact) mass is 208 g/mol. The Hall–Kier alpha value is -1.25. The van der Waals surface area contributed by atoms with Gasteiger partial charge in [-0.1, -0.05) is 0 Å². The number of rotatable bonds is 3. The highest BCUT2D eigenvalue weighted by molar-refractivity contribution is 5.82. The summed E-state index contributed by atoms with van der Waals surface area (Å²) in [6.07, 6.45) is -4.96. The predicted molar refractivity (Wildman–Crippen MR) is 43.1 cm³/mol. The normalized spacial score (nSPS) is 11.2. The Labute approximate surface area is 80.1 Å². The van der Waals surface area contributed by atoms with Crippen molar-refractivity contribution in [3.05, 3.63) is 0 Å². The van der Waals surface area contributed by atoms with E-state index in [1.165, 1.54) is 13.8 Å². The summed E-state index contributed by atoms with van der Waals surface area (Å²) in [6.45, 7) is 2.76. The molecule has 0 saturated carbocycles. The zero-order valence-corrected chi connectivity index (χ0v) is 7.93. The van der Waals surface area contributed by atoms with Crippen LogP contribution in [0, 0.1) is 11.3 Å². The van der Waals surface area contributed by atoms with Crippen LogP contribution < -0.4 is 0 Å². The van der Waals surface area contributed by atoms with Crippen molar-refractivity contribution in [2.24, 2.45) is 0 Å². The SMILES string of the molecule is CC(C)N(CCC#N)C(=O)C(F)(F)F. The van der Waals surface area contributed by atoms with Crippen molar-refractivity contribution in [3.8, 4) is 6.07 Å². The molecule has 0 N–H and O–H groups in total. The standard InChI is InChI=1S/C8H11F3N2O/c1-6(2)13(5-3-4-12)7(14)8(9,10)11/h6H,3,5H2,1-2H3. The molecule has 0 unspecified atom stereocenters. The molecule has 0 aromatic carbocycles. The van der Waals surface area contributed by atoms with Gasteiger partial charge in [-0.25, -0.2) is 0 Å². The van der Waals surface area contributed by atoms with Gasteiger partial charge in [-0.3, -0.25) is 4.79 Å². The first kappa shape index (κ1) is 12.8. The van der Waals surface area contributed by atoms with E-state index < -0.39 is 18.1 Å². The number of hydrogen-bond donors (Lipinski definition) is 0. The maximum absolute atomic E-state index is 12.0. The van der Waals surface area contributed by atoms with Gasteiger partial charge in [0.15, 0.2) is 0 Å². The molecule has 0 aliphatic rings. The lowest BCUT2D eigenvalue weighted by Gasteiger charge is -2.26. The summed E-state index contributed by atoms with van der Waals surface area (Å²) in [6, 6.07) is 1.14. The number of hydrogen-bond acceptors (Lipinski definition) is 2. The lowest BCUT2D eigenvalue weighted by Crippen LogP contribution is -2.45. The Morgan fingerprint density at radius 1 is 1.50 bits per heavy atom. The highest BCUT2D eigenvalue weighted by atomic mass is 19.4. The van der Waals surface area contributed by atoms with Crippen LogP contribution in [-0.2, 0) is 4.79 Å². The topological polar surface area (TPSA) is 44.1 Å². The number of halogens is 3. The predicted octanol–water partition coefficient (Wildman–Crippen LogP) is 1.70. The van der Waals surface area contributed by atoms with E-state index in [4.69, 9.17) is 5.26 Å². The number of carbonyl (C=O) groups is 1. The molecular weight excluding hydrogens is 197 g/mol. The molecule has 14 heavy (non-hydrogen) atoms. The van der Waals surface area contributed by atoms with E-state index in [9.17, 15) is 18.0 Å². The van der Waals surface area contributed by atoms with Gasteiger partial charge >= 0.3 is 12.1 Å². The summed E-state index contributed by atoms with van der Waals surface area (Å²) >= 11 is 0. The van der Waals surface area contributed by atoms with Gasteiger partial charge in [-0.2, -0.15) is 18.4 Å². The van der Waals surface area contributed by atoms with Crippen molar-refractivity contribution in [1.82, 2.24) is 4.90 Å². The lowest BCUT2D eigenvalue weighted by atomic mass is 10.3. The van der Waals surface area contributed by atoms with Crippen LogP contribution in [0.25, 0.3) is 0 Å². The second-order valence-electron chi connectivity index (χ2n) is 3.00. The molecule has 0 spiro atoms. The van der Waals surface area contributed by atoms with E-state index in [1.54, 1.807) is 6.07 Å². The summed E-state index contributed by atoms with van der Waals surface area (Å²) in [4.78, 5) is 11.4. The van der Waals surface area contributed by atoms with Crippen LogP contribution >= 0.6 is 0 Å². The average Bonchev–Trinajstić information content (AvgIpc) is 2.02. The van der Waals surface area contributed by atoms with Gasteiger partial charge in [0.25, 0.3) is 0 Å². The molecule has 0 atom stereocenters. The minimum atomic E-state index is -4.86. The van der Waals surface area contributed by atoms with Crippen LogP contribution in [0.2, 0.25) is 0 Å². The maximum atomic E-state index is 12.0. The molecule has 0 aliphatic carbocycles. The summed E-state index contributed by atoms with van der Waals surface area (Å²) < 4.78 is 36.0. The third kappa shape index (κ3) is 3.64. The minimum Gasteiger partial charge on any atom is -0.331 e. The van der Waals surface area contributed by atoms with Gasteiger partial charge in [0.2, 0.25) is 0 Å². The Kier molecular flexibility index (Phi) is 4.41. The van der Waals surface area contributed by atoms with Gasteiger partial charge < -0.3 is 4.90 Å². The lowest BCUT2D eigenvalue weighted by molar-refractivity contribution is -0.187.